The van der Waals surface area contributed by atoms with Crippen LogP contribution in [0.1, 0.15) is 25.3 Å². The maximum atomic E-state index is 12.7. The van der Waals surface area contributed by atoms with Gasteiger partial charge in [0.25, 0.3) is 0 Å². The first kappa shape index (κ1) is 18.6. The first-order chi connectivity index (χ1) is 13.1. The summed E-state index contributed by atoms with van der Waals surface area (Å²) >= 11 is 0. The van der Waals surface area contributed by atoms with Crippen LogP contribution >= 0.6 is 0 Å². The van der Waals surface area contributed by atoms with Crippen molar-refractivity contribution in [3.63, 3.8) is 0 Å². The molecule has 27 heavy (non-hydrogen) atoms. The number of amides is 1. The van der Waals surface area contributed by atoms with Crippen LogP contribution in [-0.2, 0) is 17.8 Å². The molecule has 2 aromatic carbocycles. The number of hydrogen-bond acceptors (Lipinski definition) is 5. The maximum Gasteiger partial charge on any atom is 0.246 e. The van der Waals surface area contributed by atoms with E-state index >= 15 is 0 Å². The van der Waals surface area contributed by atoms with Crippen molar-refractivity contribution < 1.29 is 14.1 Å². The van der Waals surface area contributed by atoms with Crippen LogP contribution in [0.5, 0.6) is 5.75 Å². The zero-order valence-corrected chi connectivity index (χ0v) is 15.8. The van der Waals surface area contributed by atoms with Crippen molar-refractivity contribution in [2.75, 3.05) is 7.11 Å². The quantitative estimate of drug-likeness (QED) is 0.638. The first-order valence-corrected chi connectivity index (χ1v) is 8.87. The minimum Gasteiger partial charge on any atom is -0.497 e. The Labute approximate surface area is 158 Å². The average molecular weight is 365 g/mol. The van der Waals surface area contributed by atoms with E-state index in [2.05, 4.69) is 10.1 Å². The predicted molar refractivity (Wildman–Crippen MR) is 102 cm³/mol. The van der Waals surface area contributed by atoms with Gasteiger partial charge in [-0.1, -0.05) is 35.5 Å². The van der Waals surface area contributed by atoms with Crippen molar-refractivity contribution in [1.29, 1.82) is 0 Å². The molecule has 1 heterocycles. The van der Waals surface area contributed by atoms with Crippen molar-refractivity contribution in [2.24, 2.45) is 0 Å². The lowest BCUT2D eigenvalue weighted by Crippen LogP contribution is -2.37. The molecule has 3 aromatic rings. The monoisotopic (exact) mass is 365 g/mol. The van der Waals surface area contributed by atoms with E-state index in [9.17, 15) is 4.79 Å². The van der Waals surface area contributed by atoms with Gasteiger partial charge in [-0.25, -0.2) is 0 Å². The van der Waals surface area contributed by atoms with E-state index in [1.54, 1.807) is 12.0 Å². The Morgan fingerprint density at radius 2 is 1.81 bits per heavy atom. The van der Waals surface area contributed by atoms with E-state index in [0.29, 0.717) is 18.1 Å². The second-order valence-corrected chi connectivity index (χ2v) is 6.52. The molecule has 6 nitrogen and oxygen atoms in total. The Kier molecular flexibility index (Phi) is 5.86. The van der Waals surface area contributed by atoms with Crippen molar-refractivity contribution in [1.82, 2.24) is 15.0 Å². The van der Waals surface area contributed by atoms with Crippen LogP contribution in [0.15, 0.2) is 59.1 Å². The molecule has 140 valence electrons. The number of aromatic nitrogens is 2. The van der Waals surface area contributed by atoms with Crippen LogP contribution in [0.4, 0.5) is 0 Å². The Hall–Kier alpha value is -3.15. The summed E-state index contributed by atoms with van der Waals surface area (Å²) in [6.45, 7) is 4.24. The van der Waals surface area contributed by atoms with Crippen LogP contribution in [0, 0.1) is 0 Å². The summed E-state index contributed by atoms with van der Waals surface area (Å²) in [6.07, 6.45) is 0.346. The Morgan fingerprint density at radius 3 is 2.44 bits per heavy atom. The third-order valence-corrected chi connectivity index (χ3v) is 4.26. The van der Waals surface area contributed by atoms with Crippen molar-refractivity contribution >= 4 is 5.91 Å². The van der Waals surface area contributed by atoms with Crippen LogP contribution in [-0.4, -0.2) is 34.1 Å². The molecule has 0 unspecified atom stereocenters. The second-order valence-electron chi connectivity index (χ2n) is 6.52. The van der Waals surface area contributed by atoms with Crippen LogP contribution < -0.4 is 4.74 Å². The molecule has 0 aliphatic heterocycles. The second kappa shape index (κ2) is 8.49. The highest BCUT2D eigenvalue weighted by Crippen LogP contribution is 2.20. The van der Waals surface area contributed by atoms with Crippen molar-refractivity contribution in [3.05, 3.63) is 66.1 Å². The number of carbonyl (C=O) groups is 1. The Morgan fingerprint density at radius 1 is 1.11 bits per heavy atom. The first-order valence-electron chi connectivity index (χ1n) is 8.87. The molecule has 0 fully saturated rings. The van der Waals surface area contributed by atoms with Crippen molar-refractivity contribution in [3.8, 4) is 17.1 Å². The van der Waals surface area contributed by atoms with Crippen molar-refractivity contribution in [2.45, 2.75) is 32.9 Å². The zero-order valence-electron chi connectivity index (χ0n) is 15.8. The SMILES string of the molecule is COc1ccc(-c2noc(CN(C(=O)Cc3ccccc3)C(C)C)n2)cc1. The van der Waals surface area contributed by atoms with E-state index in [0.717, 1.165) is 16.9 Å². The van der Waals surface area contributed by atoms with E-state index in [1.165, 1.54) is 0 Å². The van der Waals surface area contributed by atoms with Gasteiger partial charge in [0.1, 0.15) is 12.3 Å². The highest BCUT2D eigenvalue weighted by molar-refractivity contribution is 5.79. The summed E-state index contributed by atoms with van der Waals surface area (Å²) in [5, 5.41) is 4.03. The van der Waals surface area contributed by atoms with Gasteiger partial charge in [-0.3, -0.25) is 4.79 Å². The molecule has 0 aliphatic rings. The number of hydrogen-bond donors (Lipinski definition) is 0. The number of nitrogens with zero attached hydrogens (tertiary/aromatic N) is 3. The summed E-state index contributed by atoms with van der Waals surface area (Å²) in [5.74, 6) is 1.70. The fourth-order valence-electron chi connectivity index (χ4n) is 2.75. The van der Waals surface area contributed by atoms with Crippen LogP contribution in [0.25, 0.3) is 11.4 Å². The Balaban J connectivity index is 1.71. The third kappa shape index (κ3) is 4.73. The summed E-state index contributed by atoms with van der Waals surface area (Å²) in [4.78, 5) is 18.9. The van der Waals surface area contributed by atoms with Crippen LogP contribution in [0.3, 0.4) is 0 Å². The smallest absolute Gasteiger partial charge is 0.246 e. The van der Waals surface area contributed by atoms with E-state index in [1.807, 2.05) is 68.4 Å². The zero-order chi connectivity index (χ0) is 19.2. The molecule has 0 spiro atoms. The lowest BCUT2D eigenvalue weighted by Gasteiger charge is -2.25. The molecule has 0 bridgehead atoms. The van der Waals surface area contributed by atoms with Gasteiger partial charge in [0.15, 0.2) is 0 Å². The molecule has 1 aromatic heterocycles. The number of rotatable bonds is 7. The summed E-state index contributed by atoms with van der Waals surface area (Å²) in [6, 6.07) is 17.1. The average Bonchev–Trinajstić information content (AvgIpc) is 3.15. The molecule has 0 saturated carbocycles. The number of carbonyl (C=O) groups excluding carboxylic acids is 1. The van der Waals surface area contributed by atoms with Gasteiger partial charge in [0.2, 0.25) is 17.6 Å². The fraction of sp³-hybridized carbons (Fsp3) is 0.286. The molecular weight excluding hydrogens is 342 g/mol. The molecular formula is C21H23N3O3. The molecule has 3 rings (SSSR count). The minimum absolute atomic E-state index is 0.0255. The summed E-state index contributed by atoms with van der Waals surface area (Å²) in [5.41, 5.74) is 1.81. The molecule has 0 aliphatic carbocycles. The molecule has 0 atom stereocenters. The van der Waals surface area contributed by atoms with E-state index < -0.39 is 0 Å². The lowest BCUT2D eigenvalue weighted by molar-refractivity contribution is -0.133. The van der Waals surface area contributed by atoms with Gasteiger partial charge in [0, 0.05) is 11.6 Å². The van der Waals surface area contributed by atoms with Crippen LogP contribution in [0.2, 0.25) is 0 Å². The topological polar surface area (TPSA) is 68.5 Å². The standard InChI is InChI=1S/C21H23N3O3/c1-15(2)24(20(25)13-16-7-5-4-6-8-16)14-19-22-21(23-27-19)17-9-11-18(26-3)12-10-17/h4-12,15H,13-14H2,1-3H3. The predicted octanol–water partition coefficient (Wildman–Crippen LogP) is 3.72. The highest BCUT2D eigenvalue weighted by Gasteiger charge is 2.21. The normalized spacial score (nSPS) is 10.8. The summed E-state index contributed by atoms with van der Waals surface area (Å²) < 4.78 is 10.5. The van der Waals surface area contributed by atoms with Gasteiger partial charge in [0.05, 0.1) is 13.5 Å². The molecule has 0 N–H and O–H groups in total. The van der Waals surface area contributed by atoms with Gasteiger partial charge >= 0.3 is 0 Å². The third-order valence-electron chi connectivity index (χ3n) is 4.26. The number of ether oxygens (including phenoxy) is 1. The lowest BCUT2D eigenvalue weighted by atomic mass is 10.1. The van der Waals surface area contributed by atoms with Gasteiger partial charge < -0.3 is 14.2 Å². The number of methoxy groups -OCH3 is 1. The highest BCUT2D eigenvalue weighted by atomic mass is 16.5. The summed E-state index contributed by atoms with van der Waals surface area (Å²) in [7, 11) is 1.62. The Bertz CT molecular complexity index is 873. The largest absolute Gasteiger partial charge is 0.497 e. The van der Waals surface area contributed by atoms with Gasteiger partial charge in [-0.15, -0.1) is 0 Å². The van der Waals surface area contributed by atoms with E-state index in [4.69, 9.17) is 9.26 Å². The molecule has 1 amide bonds. The molecule has 0 saturated heterocycles. The van der Waals surface area contributed by atoms with E-state index in [-0.39, 0.29) is 18.5 Å². The van der Waals surface area contributed by atoms with Gasteiger partial charge in [-0.2, -0.15) is 4.98 Å². The fourth-order valence-corrected chi connectivity index (χ4v) is 2.75. The maximum absolute atomic E-state index is 12.7. The minimum atomic E-state index is 0.0255. The molecule has 0 radical (unpaired) electrons. The van der Waals surface area contributed by atoms with Gasteiger partial charge in [-0.05, 0) is 43.7 Å². The number of benzene rings is 2. The molecule has 6 heteroatoms.